The number of anilines is 1. The first kappa shape index (κ1) is 19.0. The van der Waals surface area contributed by atoms with Crippen molar-refractivity contribution >= 4 is 11.6 Å². The van der Waals surface area contributed by atoms with E-state index in [0.29, 0.717) is 6.07 Å². The maximum Gasteiger partial charge on any atom is 0.259 e. The van der Waals surface area contributed by atoms with E-state index in [1.807, 2.05) is 0 Å². The van der Waals surface area contributed by atoms with Gasteiger partial charge in [0.2, 0.25) is 12.4 Å². The number of ether oxygens (including phenoxy) is 2. The summed E-state index contributed by atoms with van der Waals surface area (Å²) in [5.74, 6) is -2.84. The maximum atomic E-state index is 13.9. The minimum absolute atomic E-state index is 0.0329. The topological polar surface area (TPSA) is 80.4 Å². The molecule has 1 aromatic heterocycles. The molecule has 1 amide bonds. The van der Waals surface area contributed by atoms with E-state index in [-0.39, 0.29) is 28.5 Å². The zero-order valence-corrected chi connectivity index (χ0v) is 14.2. The molecule has 6 nitrogen and oxygen atoms in total. The van der Waals surface area contributed by atoms with Crippen molar-refractivity contribution in [3.63, 3.8) is 0 Å². The van der Waals surface area contributed by atoms with Crippen molar-refractivity contribution < 1.29 is 27.4 Å². The second kappa shape index (κ2) is 8.30. The molecular formula is C19H13F3N2O4. The summed E-state index contributed by atoms with van der Waals surface area (Å²) in [7, 11) is 0. The van der Waals surface area contributed by atoms with Crippen LogP contribution in [0.2, 0.25) is 0 Å². The third-order valence-electron chi connectivity index (χ3n) is 3.56. The summed E-state index contributed by atoms with van der Waals surface area (Å²) in [6.07, 6.45) is 1.34. The highest BCUT2D eigenvalue weighted by Gasteiger charge is 2.17. The predicted octanol–water partition coefficient (Wildman–Crippen LogP) is 4.00. The van der Waals surface area contributed by atoms with E-state index in [0.717, 1.165) is 18.2 Å². The van der Waals surface area contributed by atoms with Crippen molar-refractivity contribution in [1.29, 1.82) is 0 Å². The number of halogens is 3. The summed E-state index contributed by atoms with van der Waals surface area (Å²) in [6, 6.07) is 9.08. The van der Waals surface area contributed by atoms with Crippen molar-refractivity contribution in [3.05, 3.63) is 82.3 Å². The van der Waals surface area contributed by atoms with Crippen molar-refractivity contribution in [2.75, 3.05) is 12.2 Å². The Morgan fingerprint density at radius 1 is 1.04 bits per heavy atom. The molecule has 3 rings (SSSR count). The van der Waals surface area contributed by atoms with Gasteiger partial charge in [-0.25, -0.2) is 13.2 Å². The number of amides is 1. The molecule has 2 N–H and O–H groups in total. The van der Waals surface area contributed by atoms with Crippen LogP contribution in [0, 0.1) is 11.6 Å². The number of aromatic nitrogens is 1. The molecule has 9 heteroatoms. The van der Waals surface area contributed by atoms with Crippen LogP contribution in [0.15, 0.2) is 59.5 Å². The molecule has 0 aliphatic heterocycles. The Morgan fingerprint density at radius 3 is 2.54 bits per heavy atom. The molecule has 2 aromatic carbocycles. The smallest absolute Gasteiger partial charge is 0.259 e. The van der Waals surface area contributed by atoms with Gasteiger partial charge in [0.25, 0.3) is 5.91 Å². The van der Waals surface area contributed by atoms with Crippen LogP contribution in [0.3, 0.4) is 0 Å². The zero-order chi connectivity index (χ0) is 20.1. The van der Waals surface area contributed by atoms with Crippen molar-refractivity contribution in [1.82, 2.24) is 4.98 Å². The molecule has 28 heavy (non-hydrogen) atoms. The number of rotatable bonds is 6. The molecule has 0 bridgehead atoms. The lowest BCUT2D eigenvalue weighted by Crippen LogP contribution is -2.15. The number of carbonyl (C=O) groups is 1. The Kier molecular flexibility index (Phi) is 5.64. The van der Waals surface area contributed by atoms with Gasteiger partial charge in [-0.2, -0.15) is 0 Å². The maximum absolute atomic E-state index is 13.9. The molecule has 0 saturated carbocycles. The van der Waals surface area contributed by atoms with Crippen LogP contribution in [0.25, 0.3) is 0 Å². The van der Waals surface area contributed by atoms with E-state index in [9.17, 15) is 22.8 Å². The highest BCUT2D eigenvalue weighted by Crippen LogP contribution is 2.31. The second-order valence-electron chi connectivity index (χ2n) is 5.48. The first-order chi connectivity index (χ1) is 13.5. The van der Waals surface area contributed by atoms with E-state index in [1.54, 1.807) is 0 Å². The van der Waals surface area contributed by atoms with Gasteiger partial charge in [0.05, 0.1) is 5.56 Å². The van der Waals surface area contributed by atoms with Crippen LogP contribution in [-0.2, 0) is 0 Å². The number of nitrogens with one attached hydrogen (secondary N) is 2. The van der Waals surface area contributed by atoms with Crippen molar-refractivity contribution in [2.45, 2.75) is 0 Å². The molecule has 0 aliphatic carbocycles. The summed E-state index contributed by atoms with van der Waals surface area (Å²) in [4.78, 5) is 26.4. The van der Waals surface area contributed by atoms with Gasteiger partial charge in [0, 0.05) is 24.0 Å². The number of hydrogen-bond donors (Lipinski definition) is 2. The first-order valence-electron chi connectivity index (χ1n) is 7.92. The van der Waals surface area contributed by atoms with Gasteiger partial charge in [-0.15, -0.1) is 0 Å². The number of pyridine rings is 1. The largest absolute Gasteiger partial charge is 0.463 e. The Bertz CT molecular complexity index is 1070. The molecular weight excluding hydrogens is 377 g/mol. The Hall–Kier alpha value is -3.75. The highest BCUT2D eigenvalue weighted by atomic mass is 19.1. The standard InChI is InChI=1S/C19H13F3N2O4/c20-10-27-13-2-4-16(28-17-3-1-11(21)7-15(17)22)14(9-13)19(26)24-12-5-6-23-18(25)8-12/h1-9H,10H2,(H2,23,24,25,26). The third kappa shape index (κ3) is 4.50. The van der Waals surface area contributed by atoms with Gasteiger partial charge >= 0.3 is 0 Å². The fraction of sp³-hybridized carbons (Fsp3) is 0.0526. The number of hydrogen-bond acceptors (Lipinski definition) is 4. The van der Waals surface area contributed by atoms with Crippen LogP contribution < -0.4 is 20.3 Å². The minimum Gasteiger partial charge on any atom is -0.463 e. The van der Waals surface area contributed by atoms with E-state index in [1.165, 1.54) is 30.5 Å². The summed E-state index contributed by atoms with van der Waals surface area (Å²) < 4.78 is 49.5. The SMILES string of the molecule is O=C(Nc1cc[nH]c(=O)c1)c1cc(OCF)ccc1Oc1ccc(F)cc1F. The number of carbonyl (C=O) groups excluding carboxylic acids is 1. The monoisotopic (exact) mass is 390 g/mol. The fourth-order valence-electron chi connectivity index (χ4n) is 2.33. The zero-order valence-electron chi connectivity index (χ0n) is 14.2. The van der Waals surface area contributed by atoms with Gasteiger partial charge < -0.3 is 19.8 Å². The lowest BCUT2D eigenvalue weighted by atomic mass is 10.1. The molecule has 0 radical (unpaired) electrons. The third-order valence-corrected chi connectivity index (χ3v) is 3.56. The Balaban J connectivity index is 1.95. The summed E-state index contributed by atoms with van der Waals surface area (Å²) in [5.41, 5.74) is -0.350. The molecule has 0 aliphatic rings. The average molecular weight is 390 g/mol. The quantitative estimate of drug-likeness (QED) is 0.667. The van der Waals surface area contributed by atoms with Gasteiger partial charge in [0.15, 0.2) is 11.6 Å². The second-order valence-corrected chi connectivity index (χ2v) is 5.48. The van der Waals surface area contributed by atoms with Gasteiger partial charge in [-0.05, 0) is 36.4 Å². The summed E-state index contributed by atoms with van der Waals surface area (Å²) in [5, 5.41) is 2.48. The van der Waals surface area contributed by atoms with Crippen LogP contribution in [-0.4, -0.2) is 17.8 Å². The number of alkyl halides is 1. The van der Waals surface area contributed by atoms with Crippen LogP contribution in [0.4, 0.5) is 18.9 Å². The van der Waals surface area contributed by atoms with Crippen LogP contribution in [0.5, 0.6) is 17.2 Å². The Morgan fingerprint density at radius 2 is 1.82 bits per heavy atom. The number of aromatic amines is 1. The van der Waals surface area contributed by atoms with Gasteiger partial charge in [-0.1, -0.05) is 0 Å². The molecule has 0 atom stereocenters. The number of H-pyrrole nitrogens is 1. The molecule has 0 spiro atoms. The van der Waals surface area contributed by atoms with Crippen molar-refractivity contribution in [3.8, 4) is 17.2 Å². The minimum atomic E-state index is -1.12. The van der Waals surface area contributed by atoms with E-state index in [2.05, 4.69) is 10.3 Å². The molecule has 0 unspecified atom stereocenters. The van der Waals surface area contributed by atoms with E-state index in [4.69, 9.17) is 9.47 Å². The van der Waals surface area contributed by atoms with Crippen LogP contribution >= 0.6 is 0 Å². The molecule has 0 fully saturated rings. The molecule has 0 saturated heterocycles. The predicted molar refractivity (Wildman–Crippen MR) is 94.5 cm³/mol. The molecule has 1 heterocycles. The Labute approximate surface area is 156 Å². The lowest BCUT2D eigenvalue weighted by molar-refractivity contribution is 0.102. The van der Waals surface area contributed by atoms with Crippen LogP contribution in [0.1, 0.15) is 10.4 Å². The normalized spacial score (nSPS) is 10.4. The summed E-state index contributed by atoms with van der Waals surface area (Å²) in [6.45, 7) is -1.12. The first-order valence-corrected chi connectivity index (χ1v) is 7.92. The van der Waals surface area contributed by atoms with Gasteiger partial charge in [-0.3, -0.25) is 9.59 Å². The average Bonchev–Trinajstić information content (AvgIpc) is 2.65. The molecule has 3 aromatic rings. The molecule has 144 valence electrons. The fourth-order valence-corrected chi connectivity index (χ4v) is 2.33. The highest BCUT2D eigenvalue weighted by molar-refractivity contribution is 6.06. The van der Waals surface area contributed by atoms with Crippen molar-refractivity contribution in [2.24, 2.45) is 0 Å². The van der Waals surface area contributed by atoms with E-state index >= 15 is 0 Å². The van der Waals surface area contributed by atoms with E-state index < -0.39 is 30.0 Å². The summed E-state index contributed by atoms with van der Waals surface area (Å²) >= 11 is 0. The lowest BCUT2D eigenvalue weighted by Gasteiger charge is -2.13. The van der Waals surface area contributed by atoms with Gasteiger partial charge in [0.1, 0.15) is 17.3 Å². The number of benzene rings is 2.